The van der Waals surface area contributed by atoms with Gasteiger partial charge in [0, 0.05) is 18.9 Å². The summed E-state index contributed by atoms with van der Waals surface area (Å²) in [6.45, 7) is 2.67. The second-order valence-electron chi connectivity index (χ2n) is 5.04. The molecule has 0 aliphatic carbocycles. The van der Waals surface area contributed by atoms with Gasteiger partial charge >= 0.3 is 0 Å². The fraction of sp³-hybridized carbons (Fsp3) is 0.111. The molecule has 4 nitrogen and oxygen atoms in total. The number of ether oxygens (including phenoxy) is 1. The van der Waals surface area contributed by atoms with Crippen molar-refractivity contribution in [3.8, 4) is 17.6 Å². The van der Waals surface area contributed by atoms with Crippen molar-refractivity contribution in [3.63, 3.8) is 0 Å². The smallest absolute Gasteiger partial charge is 0.145 e. The van der Waals surface area contributed by atoms with Crippen molar-refractivity contribution in [1.29, 1.82) is 5.26 Å². The van der Waals surface area contributed by atoms with Crippen LogP contribution in [0.15, 0.2) is 61.2 Å². The molecule has 0 fully saturated rings. The highest BCUT2D eigenvalue weighted by Crippen LogP contribution is 2.28. The SMILES string of the molecule is Cc1ccccc1Oc1cc(Cn2ccnc2)ccc1C#N. The normalized spacial score (nSPS) is 10.2. The van der Waals surface area contributed by atoms with Crippen LogP contribution in [0.2, 0.25) is 0 Å². The van der Waals surface area contributed by atoms with E-state index in [1.165, 1.54) is 0 Å². The lowest BCUT2D eigenvalue weighted by atomic mass is 10.1. The number of hydrogen-bond acceptors (Lipinski definition) is 3. The Morgan fingerprint density at radius 1 is 1.18 bits per heavy atom. The topological polar surface area (TPSA) is 50.8 Å². The Balaban J connectivity index is 1.92. The fourth-order valence-corrected chi connectivity index (χ4v) is 2.22. The second kappa shape index (κ2) is 6.15. The van der Waals surface area contributed by atoms with Gasteiger partial charge in [0.2, 0.25) is 0 Å². The number of aryl methyl sites for hydroxylation is 1. The summed E-state index contributed by atoms with van der Waals surface area (Å²) in [7, 11) is 0. The molecule has 22 heavy (non-hydrogen) atoms. The van der Waals surface area contributed by atoms with Gasteiger partial charge in [-0.2, -0.15) is 5.26 Å². The van der Waals surface area contributed by atoms with Gasteiger partial charge in [0.1, 0.15) is 17.6 Å². The first-order valence-corrected chi connectivity index (χ1v) is 6.98. The molecule has 1 heterocycles. The molecule has 3 aromatic rings. The quantitative estimate of drug-likeness (QED) is 0.731. The zero-order valence-electron chi connectivity index (χ0n) is 12.2. The number of benzene rings is 2. The fourth-order valence-electron chi connectivity index (χ4n) is 2.22. The van der Waals surface area contributed by atoms with E-state index in [0.717, 1.165) is 16.9 Å². The van der Waals surface area contributed by atoms with Crippen molar-refractivity contribution >= 4 is 0 Å². The van der Waals surface area contributed by atoms with E-state index in [1.807, 2.05) is 54.1 Å². The first kappa shape index (κ1) is 13.9. The van der Waals surface area contributed by atoms with Crippen LogP contribution in [0.5, 0.6) is 11.5 Å². The molecule has 2 aromatic carbocycles. The van der Waals surface area contributed by atoms with Crippen LogP contribution in [0.25, 0.3) is 0 Å². The molecule has 4 heteroatoms. The summed E-state index contributed by atoms with van der Waals surface area (Å²) in [5, 5.41) is 9.27. The van der Waals surface area contributed by atoms with Gasteiger partial charge in [-0.3, -0.25) is 0 Å². The monoisotopic (exact) mass is 289 g/mol. The average molecular weight is 289 g/mol. The van der Waals surface area contributed by atoms with E-state index >= 15 is 0 Å². The summed E-state index contributed by atoms with van der Waals surface area (Å²) >= 11 is 0. The van der Waals surface area contributed by atoms with E-state index in [2.05, 4.69) is 11.1 Å². The van der Waals surface area contributed by atoms with Gasteiger partial charge in [-0.25, -0.2) is 4.98 Å². The van der Waals surface area contributed by atoms with Crippen molar-refractivity contribution < 1.29 is 4.74 Å². The molecule has 0 unspecified atom stereocenters. The molecule has 0 atom stereocenters. The predicted octanol–water partition coefficient (Wildman–Crippen LogP) is 3.90. The third kappa shape index (κ3) is 2.99. The number of para-hydroxylation sites is 1. The molecule has 0 N–H and O–H groups in total. The Bertz CT molecular complexity index is 817. The molecular weight excluding hydrogens is 274 g/mol. The molecule has 1 aromatic heterocycles. The molecule has 0 saturated heterocycles. The molecule has 0 spiro atoms. The van der Waals surface area contributed by atoms with Gasteiger partial charge < -0.3 is 9.30 Å². The average Bonchev–Trinajstić information content (AvgIpc) is 3.03. The van der Waals surface area contributed by atoms with E-state index < -0.39 is 0 Å². The van der Waals surface area contributed by atoms with Gasteiger partial charge in [0.05, 0.1) is 11.9 Å². The zero-order chi connectivity index (χ0) is 15.4. The Kier molecular flexibility index (Phi) is 3.88. The van der Waals surface area contributed by atoms with Gasteiger partial charge in [-0.05, 0) is 36.2 Å². The number of hydrogen-bond donors (Lipinski definition) is 0. The highest BCUT2D eigenvalue weighted by molar-refractivity contribution is 5.48. The summed E-state index contributed by atoms with van der Waals surface area (Å²) in [5.41, 5.74) is 2.62. The lowest BCUT2D eigenvalue weighted by Gasteiger charge is -2.11. The predicted molar refractivity (Wildman–Crippen MR) is 83.7 cm³/mol. The maximum atomic E-state index is 9.27. The van der Waals surface area contributed by atoms with Crippen LogP contribution >= 0.6 is 0 Å². The number of imidazole rings is 1. The molecule has 0 amide bonds. The first-order chi connectivity index (χ1) is 10.8. The van der Waals surface area contributed by atoms with Gasteiger partial charge in [-0.15, -0.1) is 0 Å². The number of nitriles is 1. The maximum Gasteiger partial charge on any atom is 0.145 e. The minimum Gasteiger partial charge on any atom is -0.456 e. The number of rotatable bonds is 4. The molecule has 0 aliphatic heterocycles. The minimum absolute atomic E-state index is 0.526. The highest BCUT2D eigenvalue weighted by Gasteiger charge is 2.08. The molecule has 3 rings (SSSR count). The first-order valence-electron chi connectivity index (χ1n) is 6.98. The standard InChI is InChI=1S/C18H15N3O/c1-14-4-2-3-5-17(14)22-18-10-15(6-7-16(18)11-19)12-21-9-8-20-13-21/h2-10,13H,12H2,1H3. The Morgan fingerprint density at radius 2 is 2.05 bits per heavy atom. The van der Waals surface area contributed by atoms with Crippen molar-refractivity contribution in [2.75, 3.05) is 0 Å². The van der Waals surface area contributed by atoms with Crippen molar-refractivity contribution in [2.24, 2.45) is 0 Å². The Hall–Kier alpha value is -3.06. The van der Waals surface area contributed by atoms with E-state index in [-0.39, 0.29) is 0 Å². The van der Waals surface area contributed by atoms with Crippen LogP contribution < -0.4 is 4.74 Å². The van der Waals surface area contributed by atoms with E-state index in [4.69, 9.17) is 4.74 Å². The number of aromatic nitrogens is 2. The van der Waals surface area contributed by atoms with Crippen LogP contribution in [0, 0.1) is 18.3 Å². The molecule has 0 aliphatic rings. The third-order valence-corrected chi connectivity index (χ3v) is 3.40. The van der Waals surface area contributed by atoms with E-state index in [9.17, 15) is 5.26 Å². The van der Waals surface area contributed by atoms with Gasteiger partial charge in [0.25, 0.3) is 0 Å². The van der Waals surface area contributed by atoms with Crippen LogP contribution in [0.4, 0.5) is 0 Å². The van der Waals surface area contributed by atoms with Crippen LogP contribution in [0.3, 0.4) is 0 Å². The Labute approximate surface area is 129 Å². The molecule has 0 radical (unpaired) electrons. The van der Waals surface area contributed by atoms with Crippen molar-refractivity contribution in [2.45, 2.75) is 13.5 Å². The van der Waals surface area contributed by atoms with Crippen LogP contribution in [-0.2, 0) is 6.54 Å². The largest absolute Gasteiger partial charge is 0.456 e. The van der Waals surface area contributed by atoms with Gasteiger partial charge in [0.15, 0.2) is 0 Å². The molecule has 108 valence electrons. The van der Waals surface area contributed by atoms with Crippen molar-refractivity contribution in [3.05, 3.63) is 77.9 Å². The molecule has 0 bridgehead atoms. The summed E-state index contributed by atoms with van der Waals surface area (Å²) in [6, 6.07) is 15.6. The Morgan fingerprint density at radius 3 is 2.77 bits per heavy atom. The zero-order valence-corrected chi connectivity index (χ0v) is 12.2. The summed E-state index contributed by atoms with van der Waals surface area (Å²) < 4.78 is 7.91. The molecule has 0 saturated carbocycles. The lowest BCUT2D eigenvalue weighted by Crippen LogP contribution is -1.98. The van der Waals surface area contributed by atoms with Crippen molar-refractivity contribution in [1.82, 2.24) is 9.55 Å². The third-order valence-electron chi connectivity index (χ3n) is 3.40. The summed E-state index contributed by atoms with van der Waals surface area (Å²) in [4.78, 5) is 4.03. The van der Waals surface area contributed by atoms with Crippen LogP contribution in [-0.4, -0.2) is 9.55 Å². The summed E-state index contributed by atoms with van der Waals surface area (Å²) in [5.74, 6) is 1.34. The van der Waals surface area contributed by atoms with E-state index in [0.29, 0.717) is 17.9 Å². The highest BCUT2D eigenvalue weighted by atomic mass is 16.5. The molecular formula is C18H15N3O. The van der Waals surface area contributed by atoms with Crippen LogP contribution in [0.1, 0.15) is 16.7 Å². The summed E-state index contributed by atoms with van der Waals surface area (Å²) in [6.07, 6.45) is 5.41. The lowest BCUT2D eigenvalue weighted by molar-refractivity contribution is 0.476. The maximum absolute atomic E-state index is 9.27. The minimum atomic E-state index is 0.526. The van der Waals surface area contributed by atoms with E-state index in [1.54, 1.807) is 18.6 Å². The van der Waals surface area contributed by atoms with Gasteiger partial charge in [-0.1, -0.05) is 24.3 Å². The number of nitrogens with zero attached hydrogens (tertiary/aromatic N) is 3. The second-order valence-corrected chi connectivity index (χ2v) is 5.04.